The minimum absolute atomic E-state index is 0.0663. The maximum absolute atomic E-state index is 10.1. The van der Waals surface area contributed by atoms with Crippen molar-refractivity contribution in [2.75, 3.05) is 0 Å². The highest BCUT2D eigenvalue weighted by molar-refractivity contribution is 7.79. The molecule has 3 nitrogen and oxygen atoms in total. The molecule has 0 atom stereocenters. The van der Waals surface area contributed by atoms with E-state index in [1.807, 2.05) is 0 Å². The van der Waals surface area contributed by atoms with E-state index in [4.69, 9.17) is 5.11 Å². The predicted molar refractivity (Wildman–Crippen MR) is 46.3 cm³/mol. The lowest BCUT2D eigenvalue weighted by molar-refractivity contribution is 0.476. The van der Waals surface area contributed by atoms with Crippen LogP contribution in [0.15, 0.2) is 23.4 Å². The van der Waals surface area contributed by atoms with E-state index in [2.05, 4.69) is 17.8 Å². The van der Waals surface area contributed by atoms with Crippen molar-refractivity contribution in [1.29, 1.82) is 0 Å². The molecule has 0 aliphatic rings. The first kappa shape index (κ1) is 8.07. The molecule has 1 aromatic carbocycles. The molecule has 0 unspecified atom stereocenters. The van der Waals surface area contributed by atoms with E-state index in [0.717, 1.165) is 5.56 Å². The lowest BCUT2D eigenvalue weighted by atomic mass is 10.2. The molecule has 11 heavy (non-hydrogen) atoms. The zero-order chi connectivity index (χ0) is 8.27. The fraction of sp³-hybridized carbons (Fsp3) is 0.143. The molecule has 0 spiro atoms. The summed E-state index contributed by atoms with van der Waals surface area (Å²) >= 11 is 4.01. The molecule has 1 N–H and O–H groups in total. The Balaban J connectivity index is 3.12. The van der Waals surface area contributed by atoms with Crippen LogP contribution in [0.3, 0.4) is 0 Å². The van der Waals surface area contributed by atoms with Crippen LogP contribution in [0.5, 0.6) is 5.75 Å². The summed E-state index contributed by atoms with van der Waals surface area (Å²) in [5, 5.41) is 11.7. The van der Waals surface area contributed by atoms with Crippen LogP contribution < -0.4 is 0 Å². The lowest BCUT2D eigenvalue weighted by Gasteiger charge is -1.97. The maximum atomic E-state index is 10.1. The van der Waals surface area contributed by atoms with Gasteiger partial charge in [-0.2, -0.15) is 12.6 Å². The Labute approximate surface area is 69.4 Å². The summed E-state index contributed by atoms with van der Waals surface area (Å²) in [6, 6.07) is 4.63. The molecule has 1 aromatic rings. The van der Waals surface area contributed by atoms with E-state index < -0.39 is 0 Å². The Morgan fingerprint density at radius 3 is 2.82 bits per heavy atom. The Hall–Kier alpha value is -1.03. The van der Waals surface area contributed by atoms with Crippen molar-refractivity contribution in [2.24, 2.45) is 5.18 Å². The molecule has 1 rings (SSSR count). The first-order chi connectivity index (χ1) is 5.27. The standard InChI is InChI=1S/C7H7NO2S/c9-7-2-1-5(4-11)3-6(7)8-10/h1-3,9,11H,4H2. The summed E-state index contributed by atoms with van der Waals surface area (Å²) in [5.74, 6) is 0.438. The van der Waals surface area contributed by atoms with Gasteiger partial charge in [0.15, 0.2) is 0 Å². The van der Waals surface area contributed by atoms with E-state index in [-0.39, 0.29) is 11.4 Å². The van der Waals surface area contributed by atoms with Gasteiger partial charge in [0.25, 0.3) is 0 Å². The van der Waals surface area contributed by atoms with Crippen LogP contribution >= 0.6 is 12.6 Å². The third-order valence-corrected chi connectivity index (χ3v) is 1.69. The summed E-state index contributed by atoms with van der Waals surface area (Å²) in [4.78, 5) is 10.1. The van der Waals surface area contributed by atoms with Crippen molar-refractivity contribution < 1.29 is 5.11 Å². The van der Waals surface area contributed by atoms with Gasteiger partial charge in [-0.3, -0.25) is 0 Å². The topological polar surface area (TPSA) is 49.7 Å². The second-order valence-electron chi connectivity index (χ2n) is 2.07. The molecule has 0 radical (unpaired) electrons. The van der Waals surface area contributed by atoms with Crippen LogP contribution in [0.1, 0.15) is 5.56 Å². The smallest absolute Gasteiger partial charge is 0.149 e. The monoisotopic (exact) mass is 169 g/mol. The van der Waals surface area contributed by atoms with E-state index in [9.17, 15) is 4.91 Å². The Bertz CT molecular complexity index is 275. The maximum Gasteiger partial charge on any atom is 0.149 e. The van der Waals surface area contributed by atoms with Gasteiger partial charge in [0.2, 0.25) is 0 Å². The van der Waals surface area contributed by atoms with Gasteiger partial charge in [0, 0.05) is 5.75 Å². The lowest BCUT2D eigenvalue weighted by Crippen LogP contribution is -1.76. The molecule has 0 amide bonds. The summed E-state index contributed by atoms with van der Waals surface area (Å²) in [7, 11) is 0. The second kappa shape index (κ2) is 3.39. The average molecular weight is 169 g/mol. The molecular formula is C7H7NO2S. The number of phenolic OH excluding ortho intramolecular Hbond substituents is 1. The molecule has 0 aliphatic carbocycles. The van der Waals surface area contributed by atoms with Gasteiger partial charge in [0.05, 0.1) is 0 Å². The van der Waals surface area contributed by atoms with Gasteiger partial charge in [-0.15, -0.1) is 4.91 Å². The van der Waals surface area contributed by atoms with Crippen LogP contribution in [0.25, 0.3) is 0 Å². The van der Waals surface area contributed by atoms with E-state index in [1.165, 1.54) is 12.1 Å². The van der Waals surface area contributed by atoms with Gasteiger partial charge < -0.3 is 5.11 Å². The number of nitrogens with zero attached hydrogens (tertiary/aromatic N) is 1. The third-order valence-electron chi connectivity index (χ3n) is 1.32. The first-order valence-electron chi connectivity index (χ1n) is 3.04. The van der Waals surface area contributed by atoms with Crippen LogP contribution in [0.2, 0.25) is 0 Å². The average Bonchev–Trinajstić information content (AvgIpc) is 2.05. The number of thiol groups is 1. The quantitative estimate of drug-likeness (QED) is 0.526. The van der Waals surface area contributed by atoms with Crippen LogP contribution in [-0.4, -0.2) is 5.11 Å². The van der Waals surface area contributed by atoms with Crippen molar-refractivity contribution in [1.82, 2.24) is 0 Å². The zero-order valence-electron chi connectivity index (χ0n) is 5.69. The van der Waals surface area contributed by atoms with Gasteiger partial charge in [0.1, 0.15) is 11.4 Å². The number of benzene rings is 1. The number of phenols is 1. The summed E-state index contributed by atoms with van der Waals surface area (Å²) in [6.45, 7) is 0. The van der Waals surface area contributed by atoms with Gasteiger partial charge in [-0.05, 0) is 22.9 Å². The molecular weight excluding hydrogens is 162 g/mol. The van der Waals surface area contributed by atoms with Crippen LogP contribution in [0, 0.1) is 4.91 Å². The number of hydrogen-bond acceptors (Lipinski definition) is 4. The first-order valence-corrected chi connectivity index (χ1v) is 3.67. The van der Waals surface area contributed by atoms with Crippen molar-refractivity contribution in [3.05, 3.63) is 28.7 Å². The number of hydrogen-bond donors (Lipinski definition) is 2. The molecule has 4 heteroatoms. The van der Waals surface area contributed by atoms with E-state index in [1.54, 1.807) is 6.07 Å². The van der Waals surface area contributed by atoms with Crippen molar-refractivity contribution in [3.8, 4) is 5.75 Å². The van der Waals surface area contributed by atoms with Gasteiger partial charge in [-0.1, -0.05) is 6.07 Å². The summed E-state index contributed by atoms with van der Waals surface area (Å²) in [6.07, 6.45) is 0. The molecule has 0 saturated carbocycles. The summed E-state index contributed by atoms with van der Waals surface area (Å²) in [5.41, 5.74) is 0.928. The van der Waals surface area contributed by atoms with Crippen LogP contribution in [-0.2, 0) is 5.75 Å². The molecule has 0 heterocycles. The van der Waals surface area contributed by atoms with Crippen molar-refractivity contribution in [2.45, 2.75) is 5.75 Å². The fourth-order valence-electron chi connectivity index (χ4n) is 0.740. The third kappa shape index (κ3) is 1.71. The highest BCUT2D eigenvalue weighted by Gasteiger charge is 2.00. The fourth-order valence-corrected chi connectivity index (χ4v) is 0.937. The molecule has 0 bridgehead atoms. The van der Waals surface area contributed by atoms with E-state index in [0.29, 0.717) is 5.75 Å². The Morgan fingerprint density at radius 2 is 2.27 bits per heavy atom. The molecule has 0 aliphatic heterocycles. The zero-order valence-corrected chi connectivity index (χ0v) is 6.58. The second-order valence-corrected chi connectivity index (χ2v) is 2.39. The minimum atomic E-state index is -0.0921. The number of rotatable bonds is 2. The normalized spacial score (nSPS) is 9.55. The van der Waals surface area contributed by atoms with Gasteiger partial charge >= 0.3 is 0 Å². The number of nitroso groups, excluding NO2 is 1. The highest BCUT2D eigenvalue weighted by Crippen LogP contribution is 2.27. The van der Waals surface area contributed by atoms with Gasteiger partial charge in [-0.25, -0.2) is 0 Å². The largest absolute Gasteiger partial charge is 0.506 e. The Morgan fingerprint density at radius 1 is 1.55 bits per heavy atom. The van der Waals surface area contributed by atoms with Crippen molar-refractivity contribution in [3.63, 3.8) is 0 Å². The minimum Gasteiger partial charge on any atom is -0.506 e. The molecule has 0 saturated heterocycles. The SMILES string of the molecule is O=Nc1cc(CS)ccc1O. The van der Waals surface area contributed by atoms with Crippen LogP contribution in [0.4, 0.5) is 5.69 Å². The summed E-state index contributed by atoms with van der Waals surface area (Å²) < 4.78 is 0. The van der Waals surface area contributed by atoms with Crippen molar-refractivity contribution >= 4 is 18.3 Å². The molecule has 0 aromatic heterocycles. The molecule has 58 valence electrons. The number of aromatic hydroxyl groups is 1. The molecule has 0 fully saturated rings. The Kier molecular flexibility index (Phi) is 2.48. The van der Waals surface area contributed by atoms with E-state index >= 15 is 0 Å². The predicted octanol–water partition coefficient (Wildman–Crippen LogP) is 2.22. The highest BCUT2D eigenvalue weighted by atomic mass is 32.1.